The number of amides is 1. The summed E-state index contributed by atoms with van der Waals surface area (Å²) in [6, 6.07) is 5.01. The van der Waals surface area contributed by atoms with Crippen LogP contribution in [0.2, 0.25) is 5.02 Å². The van der Waals surface area contributed by atoms with Crippen molar-refractivity contribution in [3.63, 3.8) is 0 Å². The lowest BCUT2D eigenvalue weighted by Crippen LogP contribution is -2.44. The Morgan fingerprint density at radius 2 is 2.05 bits per heavy atom. The molecule has 0 saturated heterocycles. The summed E-state index contributed by atoms with van der Waals surface area (Å²) in [7, 11) is 0. The number of hydrogen-bond donors (Lipinski definition) is 2. The van der Waals surface area contributed by atoms with Gasteiger partial charge in [-0.05, 0) is 50.8 Å². The highest BCUT2D eigenvalue weighted by atomic mass is 35.5. The summed E-state index contributed by atoms with van der Waals surface area (Å²) < 4.78 is 0. The molecule has 1 aromatic rings. The summed E-state index contributed by atoms with van der Waals surface area (Å²) >= 11 is 5.92. The molecular weight excluding hydrogens is 276 g/mol. The van der Waals surface area contributed by atoms with Crippen molar-refractivity contribution >= 4 is 17.5 Å². The topological polar surface area (TPSA) is 66.6 Å². The van der Waals surface area contributed by atoms with Crippen LogP contribution in [0, 0.1) is 0 Å². The Hall–Kier alpha value is -1.26. The molecule has 0 atom stereocenters. The molecule has 1 aliphatic carbocycles. The summed E-state index contributed by atoms with van der Waals surface area (Å²) in [5, 5.41) is 10.3. The molecule has 0 radical (unpaired) electrons. The number of carbonyl (C=O) groups excluding carboxylic acids is 1. The van der Waals surface area contributed by atoms with E-state index in [0.717, 1.165) is 25.7 Å². The zero-order valence-electron chi connectivity index (χ0n) is 11.7. The molecule has 1 saturated carbocycles. The second kappa shape index (κ2) is 6.46. The van der Waals surface area contributed by atoms with Crippen LogP contribution in [0.5, 0.6) is 5.75 Å². The van der Waals surface area contributed by atoms with Crippen LogP contribution in [-0.2, 0) is 0 Å². The summed E-state index contributed by atoms with van der Waals surface area (Å²) in [5.41, 5.74) is 6.18. The average Bonchev–Trinajstić information content (AvgIpc) is 2.44. The van der Waals surface area contributed by atoms with Gasteiger partial charge in [-0.1, -0.05) is 11.6 Å². The molecule has 1 aliphatic rings. The van der Waals surface area contributed by atoms with Crippen LogP contribution in [-0.4, -0.2) is 34.5 Å². The molecule has 110 valence electrons. The van der Waals surface area contributed by atoms with E-state index in [9.17, 15) is 9.90 Å². The predicted octanol–water partition coefficient (Wildman–Crippen LogP) is 2.78. The summed E-state index contributed by atoms with van der Waals surface area (Å²) in [5.74, 6) is -0.182. The molecule has 20 heavy (non-hydrogen) atoms. The third kappa shape index (κ3) is 3.25. The van der Waals surface area contributed by atoms with Gasteiger partial charge < -0.3 is 15.7 Å². The fraction of sp³-hybridized carbons (Fsp3) is 0.533. The van der Waals surface area contributed by atoms with E-state index in [-0.39, 0.29) is 29.3 Å². The molecule has 0 aromatic heterocycles. The van der Waals surface area contributed by atoms with Crippen LogP contribution in [0.3, 0.4) is 0 Å². The van der Waals surface area contributed by atoms with E-state index in [4.69, 9.17) is 17.3 Å². The van der Waals surface area contributed by atoms with Crippen molar-refractivity contribution in [3.05, 3.63) is 28.8 Å². The Morgan fingerprint density at radius 1 is 1.40 bits per heavy atom. The first-order valence-corrected chi connectivity index (χ1v) is 7.45. The SMILES string of the molecule is CCN(C(=O)c1cc(Cl)ccc1O)C1CCC(N)CC1. The maximum Gasteiger partial charge on any atom is 0.257 e. The highest BCUT2D eigenvalue weighted by Gasteiger charge is 2.28. The zero-order chi connectivity index (χ0) is 14.7. The Labute approximate surface area is 124 Å². The van der Waals surface area contributed by atoms with Gasteiger partial charge in [0.2, 0.25) is 0 Å². The normalized spacial score (nSPS) is 22.6. The van der Waals surface area contributed by atoms with Crippen LogP contribution in [0.1, 0.15) is 43.0 Å². The lowest BCUT2D eigenvalue weighted by Gasteiger charge is -2.35. The van der Waals surface area contributed by atoms with E-state index in [2.05, 4.69) is 0 Å². The number of phenolic OH excluding ortho intramolecular Hbond substituents is 1. The summed E-state index contributed by atoms with van der Waals surface area (Å²) in [6.07, 6.45) is 3.72. The third-order valence-corrected chi connectivity index (χ3v) is 4.21. The number of nitrogens with zero attached hydrogens (tertiary/aromatic N) is 1. The number of phenols is 1. The van der Waals surface area contributed by atoms with Crippen LogP contribution >= 0.6 is 11.6 Å². The minimum Gasteiger partial charge on any atom is -0.507 e. The molecule has 4 nitrogen and oxygen atoms in total. The third-order valence-electron chi connectivity index (χ3n) is 3.97. The molecule has 0 unspecified atom stereocenters. The van der Waals surface area contributed by atoms with Crippen molar-refractivity contribution in [2.45, 2.75) is 44.7 Å². The fourth-order valence-corrected chi connectivity index (χ4v) is 2.99. The molecule has 0 heterocycles. The number of aromatic hydroxyl groups is 1. The highest BCUT2D eigenvalue weighted by molar-refractivity contribution is 6.31. The first-order valence-electron chi connectivity index (χ1n) is 7.08. The van der Waals surface area contributed by atoms with Crippen molar-refractivity contribution in [1.82, 2.24) is 4.90 Å². The van der Waals surface area contributed by atoms with Crippen LogP contribution in [0.4, 0.5) is 0 Å². The van der Waals surface area contributed by atoms with E-state index in [1.54, 1.807) is 6.07 Å². The molecule has 3 N–H and O–H groups in total. The van der Waals surface area contributed by atoms with Gasteiger partial charge in [0.1, 0.15) is 5.75 Å². The Morgan fingerprint density at radius 3 is 2.65 bits per heavy atom. The van der Waals surface area contributed by atoms with Crippen LogP contribution < -0.4 is 5.73 Å². The van der Waals surface area contributed by atoms with Gasteiger partial charge in [0.25, 0.3) is 5.91 Å². The first-order chi connectivity index (χ1) is 9.52. The maximum absolute atomic E-state index is 12.6. The van der Waals surface area contributed by atoms with E-state index in [1.165, 1.54) is 12.1 Å². The Balaban J connectivity index is 2.18. The number of carbonyl (C=O) groups is 1. The molecule has 0 spiro atoms. The van der Waals surface area contributed by atoms with Gasteiger partial charge in [-0.25, -0.2) is 0 Å². The monoisotopic (exact) mass is 296 g/mol. The van der Waals surface area contributed by atoms with E-state index in [0.29, 0.717) is 11.6 Å². The van der Waals surface area contributed by atoms with Gasteiger partial charge in [-0.2, -0.15) is 0 Å². The van der Waals surface area contributed by atoms with Crippen molar-refractivity contribution in [3.8, 4) is 5.75 Å². The van der Waals surface area contributed by atoms with Gasteiger partial charge in [-0.3, -0.25) is 4.79 Å². The van der Waals surface area contributed by atoms with Gasteiger partial charge >= 0.3 is 0 Å². The van der Waals surface area contributed by atoms with E-state index >= 15 is 0 Å². The minimum atomic E-state index is -0.159. The summed E-state index contributed by atoms with van der Waals surface area (Å²) in [4.78, 5) is 14.4. The molecule has 0 bridgehead atoms. The molecule has 1 aromatic carbocycles. The molecule has 0 aliphatic heterocycles. The number of halogens is 1. The van der Waals surface area contributed by atoms with Crippen LogP contribution in [0.25, 0.3) is 0 Å². The van der Waals surface area contributed by atoms with Crippen molar-refractivity contribution in [2.75, 3.05) is 6.54 Å². The fourth-order valence-electron chi connectivity index (χ4n) is 2.82. The smallest absolute Gasteiger partial charge is 0.257 e. The number of rotatable bonds is 3. The van der Waals surface area contributed by atoms with Gasteiger partial charge in [0, 0.05) is 23.7 Å². The second-order valence-electron chi connectivity index (χ2n) is 5.32. The van der Waals surface area contributed by atoms with E-state index in [1.807, 2.05) is 11.8 Å². The van der Waals surface area contributed by atoms with Gasteiger partial charge in [0.15, 0.2) is 0 Å². The predicted molar refractivity (Wildman–Crippen MR) is 80.1 cm³/mol. The Bertz CT molecular complexity index is 485. The largest absolute Gasteiger partial charge is 0.507 e. The van der Waals surface area contributed by atoms with Crippen molar-refractivity contribution in [2.24, 2.45) is 5.73 Å². The Kier molecular flexibility index (Phi) is 4.89. The minimum absolute atomic E-state index is 0.0228. The quantitative estimate of drug-likeness (QED) is 0.901. The highest BCUT2D eigenvalue weighted by Crippen LogP contribution is 2.27. The molecule has 1 fully saturated rings. The number of nitrogens with two attached hydrogens (primary N) is 1. The van der Waals surface area contributed by atoms with E-state index < -0.39 is 0 Å². The lowest BCUT2D eigenvalue weighted by atomic mass is 9.90. The second-order valence-corrected chi connectivity index (χ2v) is 5.76. The molecule has 2 rings (SSSR count). The van der Waals surface area contributed by atoms with Crippen LogP contribution in [0.15, 0.2) is 18.2 Å². The maximum atomic E-state index is 12.6. The van der Waals surface area contributed by atoms with Crippen molar-refractivity contribution in [1.29, 1.82) is 0 Å². The standard InChI is InChI=1S/C15H21ClN2O2/c1-2-18(12-6-4-11(17)5-7-12)15(20)13-9-10(16)3-8-14(13)19/h3,8-9,11-12,19H,2,4-7,17H2,1H3. The zero-order valence-corrected chi connectivity index (χ0v) is 12.4. The van der Waals surface area contributed by atoms with Crippen molar-refractivity contribution < 1.29 is 9.90 Å². The molecule has 5 heteroatoms. The lowest BCUT2D eigenvalue weighted by molar-refractivity contribution is 0.0637. The summed E-state index contributed by atoms with van der Waals surface area (Å²) in [6.45, 7) is 2.57. The molecule has 1 amide bonds. The number of benzene rings is 1. The van der Waals surface area contributed by atoms with Gasteiger partial charge in [0.05, 0.1) is 5.56 Å². The first kappa shape index (κ1) is 15.1. The molecular formula is C15H21ClN2O2. The number of hydrogen-bond acceptors (Lipinski definition) is 3. The average molecular weight is 297 g/mol. The van der Waals surface area contributed by atoms with Gasteiger partial charge in [-0.15, -0.1) is 0 Å².